The van der Waals surface area contributed by atoms with Crippen molar-refractivity contribution in [1.82, 2.24) is 14.8 Å². The van der Waals surface area contributed by atoms with Crippen LogP contribution in [0.2, 0.25) is 0 Å². The summed E-state index contributed by atoms with van der Waals surface area (Å²) < 4.78 is 5.79. The van der Waals surface area contributed by atoms with Gasteiger partial charge in [-0.15, -0.1) is 0 Å². The number of carbonyl (C=O) groups excluding carboxylic acids is 2. The molecule has 6 heteroatoms. The Balaban J connectivity index is 1.81. The third kappa shape index (κ3) is 3.96. The summed E-state index contributed by atoms with van der Waals surface area (Å²) in [6.07, 6.45) is 3.23. The third-order valence-electron chi connectivity index (χ3n) is 4.28. The van der Waals surface area contributed by atoms with Gasteiger partial charge in [0.2, 0.25) is 5.91 Å². The van der Waals surface area contributed by atoms with Crippen LogP contribution in [0.1, 0.15) is 28.4 Å². The number of aromatic nitrogens is 1. The molecule has 0 bridgehead atoms. The minimum absolute atomic E-state index is 0.0145. The molecule has 3 rings (SSSR count). The largest absolute Gasteiger partial charge is 0.491 e. The van der Waals surface area contributed by atoms with E-state index in [9.17, 15) is 9.59 Å². The molecule has 0 radical (unpaired) electrons. The summed E-state index contributed by atoms with van der Waals surface area (Å²) in [5, 5.41) is 0. The van der Waals surface area contributed by atoms with Gasteiger partial charge in [0.15, 0.2) is 0 Å². The van der Waals surface area contributed by atoms with E-state index in [-0.39, 0.29) is 11.8 Å². The van der Waals surface area contributed by atoms with Crippen molar-refractivity contribution in [2.45, 2.75) is 20.0 Å². The second-order valence-corrected chi connectivity index (χ2v) is 6.13. The van der Waals surface area contributed by atoms with Crippen LogP contribution in [0.5, 0.6) is 5.75 Å². The number of rotatable bonds is 3. The molecule has 1 aliphatic heterocycles. The fraction of sp³-hybridized carbons (Fsp3) is 0.316. The summed E-state index contributed by atoms with van der Waals surface area (Å²) in [7, 11) is 1.77. The third-order valence-corrected chi connectivity index (χ3v) is 4.28. The Hall–Kier alpha value is -2.89. The Bertz CT molecular complexity index is 777. The van der Waals surface area contributed by atoms with E-state index in [1.807, 2.05) is 18.2 Å². The monoisotopic (exact) mass is 339 g/mol. The first-order valence-corrected chi connectivity index (χ1v) is 8.20. The Morgan fingerprint density at radius 3 is 2.72 bits per heavy atom. The van der Waals surface area contributed by atoms with Gasteiger partial charge in [0.05, 0.1) is 6.54 Å². The Labute approximate surface area is 147 Å². The van der Waals surface area contributed by atoms with Crippen molar-refractivity contribution in [3.05, 3.63) is 59.4 Å². The summed E-state index contributed by atoms with van der Waals surface area (Å²) in [5.41, 5.74) is 2.58. The van der Waals surface area contributed by atoms with Crippen LogP contribution in [0.4, 0.5) is 0 Å². The van der Waals surface area contributed by atoms with Crippen molar-refractivity contribution in [1.29, 1.82) is 0 Å². The zero-order valence-electron chi connectivity index (χ0n) is 14.4. The summed E-state index contributed by atoms with van der Waals surface area (Å²) >= 11 is 0. The van der Waals surface area contributed by atoms with Gasteiger partial charge in [-0.1, -0.05) is 6.07 Å². The molecule has 0 fully saturated rings. The predicted molar refractivity (Wildman–Crippen MR) is 93.1 cm³/mol. The van der Waals surface area contributed by atoms with Crippen LogP contribution in [-0.4, -0.2) is 46.8 Å². The lowest BCUT2D eigenvalue weighted by Gasteiger charge is -2.20. The summed E-state index contributed by atoms with van der Waals surface area (Å²) in [6.45, 7) is 3.53. The molecule has 2 heterocycles. The zero-order chi connectivity index (χ0) is 17.8. The van der Waals surface area contributed by atoms with Crippen molar-refractivity contribution in [2.75, 3.05) is 20.2 Å². The minimum atomic E-state index is -0.0369. The number of hydrogen-bond acceptors (Lipinski definition) is 4. The van der Waals surface area contributed by atoms with Crippen LogP contribution < -0.4 is 4.74 Å². The molecule has 0 atom stereocenters. The molecule has 25 heavy (non-hydrogen) atoms. The average Bonchev–Trinajstić information content (AvgIpc) is 2.83. The van der Waals surface area contributed by atoms with Crippen molar-refractivity contribution in [3.63, 3.8) is 0 Å². The number of pyridine rings is 1. The van der Waals surface area contributed by atoms with Gasteiger partial charge in [-0.25, -0.2) is 0 Å². The maximum atomic E-state index is 12.7. The number of benzene rings is 1. The lowest BCUT2D eigenvalue weighted by atomic mass is 10.1. The standard InChI is InChI=1S/C19H21N3O3/c1-14(23)21(2)12-15-3-4-18-17(11-15)13-22(9-10-25-18)19(24)16-5-7-20-8-6-16/h3-8,11H,9-10,12-13H2,1-2H3. The smallest absolute Gasteiger partial charge is 0.254 e. The molecule has 1 aromatic heterocycles. The molecule has 1 aromatic carbocycles. The number of fused-ring (bicyclic) bond motifs is 1. The Kier molecular flexibility index (Phi) is 4.97. The molecule has 0 N–H and O–H groups in total. The van der Waals surface area contributed by atoms with E-state index in [1.54, 1.807) is 48.3 Å². The van der Waals surface area contributed by atoms with Crippen LogP contribution >= 0.6 is 0 Å². The molecule has 0 unspecified atom stereocenters. The highest BCUT2D eigenvalue weighted by Gasteiger charge is 2.21. The molecule has 0 aliphatic carbocycles. The fourth-order valence-corrected chi connectivity index (χ4v) is 2.78. The lowest BCUT2D eigenvalue weighted by molar-refractivity contribution is -0.128. The van der Waals surface area contributed by atoms with Crippen molar-refractivity contribution < 1.29 is 14.3 Å². The van der Waals surface area contributed by atoms with Gasteiger partial charge in [-0.05, 0) is 29.8 Å². The maximum absolute atomic E-state index is 12.7. The van der Waals surface area contributed by atoms with Crippen molar-refractivity contribution in [3.8, 4) is 5.75 Å². The predicted octanol–water partition coefficient (Wildman–Crippen LogP) is 2.09. The molecule has 1 aliphatic rings. The van der Waals surface area contributed by atoms with Crippen molar-refractivity contribution in [2.24, 2.45) is 0 Å². The second-order valence-electron chi connectivity index (χ2n) is 6.13. The highest BCUT2D eigenvalue weighted by molar-refractivity contribution is 5.94. The minimum Gasteiger partial charge on any atom is -0.491 e. The average molecular weight is 339 g/mol. The summed E-state index contributed by atoms with van der Waals surface area (Å²) in [6, 6.07) is 9.31. The highest BCUT2D eigenvalue weighted by atomic mass is 16.5. The van der Waals surface area contributed by atoms with Gasteiger partial charge in [0.25, 0.3) is 5.91 Å². The maximum Gasteiger partial charge on any atom is 0.254 e. The van der Waals surface area contributed by atoms with E-state index in [0.29, 0.717) is 31.8 Å². The number of carbonyl (C=O) groups is 2. The number of amides is 2. The molecule has 0 saturated heterocycles. The normalized spacial score (nSPS) is 13.4. The van der Waals surface area contributed by atoms with Gasteiger partial charge >= 0.3 is 0 Å². The van der Waals surface area contributed by atoms with E-state index >= 15 is 0 Å². The van der Waals surface area contributed by atoms with E-state index < -0.39 is 0 Å². The number of ether oxygens (including phenoxy) is 1. The number of hydrogen-bond donors (Lipinski definition) is 0. The van der Waals surface area contributed by atoms with Gasteiger partial charge in [-0.2, -0.15) is 0 Å². The molecule has 130 valence electrons. The van der Waals surface area contributed by atoms with Gasteiger partial charge in [0.1, 0.15) is 12.4 Å². The van der Waals surface area contributed by atoms with Crippen LogP contribution in [0.3, 0.4) is 0 Å². The van der Waals surface area contributed by atoms with E-state index in [2.05, 4.69) is 4.98 Å². The summed E-state index contributed by atoms with van der Waals surface area (Å²) in [5.74, 6) is 0.769. The second kappa shape index (κ2) is 7.34. The topological polar surface area (TPSA) is 62.7 Å². The molecule has 0 saturated carbocycles. The van der Waals surface area contributed by atoms with Gasteiger partial charge in [-0.3, -0.25) is 14.6 Å². The molecule has 2 aromatic rings. The van der Waals surface area contributed by atoms with Crippen LogP contribution in [0.15, 0.2) is 42.7 Å². The van der Waals surface area contributed by atoms with Crippen LogP contribution in [0.25, 0.3) is 0 Å². The zero-order valence-corrected chi connectivity index (χ0v) is 14.4. The van der Waals surface area contributed by atoms with Gasteiger partial charge in [0, 0.05) is 50.6 Å². The van der Waals surface area contributed by atoms with Crippen molar-refractivity contribution >= 4 is 11.8 Å². The summed E-state index contributed by atoms with van der Waals surface area (Å²) in [4.78, 5) is 31.5. The molecular formula is C19H21N3O3. The lowest BCUT2D eigenvalue weighted by Crippen LogP contribution is -2.32. The first kappa shape index (κ1) is 17.0. The molecular weight excluding hydrogens is 318 g/mol. The SMILES string of the molecule is CC(=O)N(C)Cc1ccc2c(c1)CN(C(=O)c1ccncc1)CCO2. The molecule has 0 spiro atoms. The first-order chi connectivity index (χ1) is 12.0. The quantitative estimate of drug-likeness (QED) is 0.859. The number of nitrogens with zero attached hydrogens (tertiary/aromatic N) is 3. The van der Waals surface area contributed by atoms with Crippen LogP contribution in [-0.2, 0) is 17.9 Å². The van der Waals surface area contributed by atoms with E-state index in [1.165, 1.54) is 0 Å². The van der Waals surface area contributed by atoms with Gasteiger partial charge < -0.3 is 14.5 Å². The Morgan fingerprint density at radius 2 is 2.00 bits per heavy atom. The first-order valence-electron chi connectivity index (χ1n) is 8.20. The van der Waals surface area contributed by atoms with E-state index in [0.717, 1.165) is 16.9 Å². The Morgan fingerprint density at radius 1 is 1.24 bits per heavy atom. The highest BCUT2D eigenvalue weighted by Crippen LogP contribution is 2.25. The van der Waals surface area contributed by atoms with E-state index in [4.69, 9.17) is 4.74 Å². The van der Waals surface area contributed by atoms with Crippen LogP contribution in [0, 0.1) is 0 Å². The molecule has 2 amide bonds. The fourth-order valence-electron chi connectivity index (χ4n) is 2.78. The molecule has 6 nitrogen and oxygen atoms in total.